The lowest BCUT2D eigenvalue weighted by Crippen LogP contribution is -2.44. The van der Waals surface area contributed by atoms with Crippen LogP contribution >= 0.6 is 0 Å². The molecule has 3 aliphatic rings. The summed E-state index contributed by atoms with van der Waals surface area (Å²) in [5, 5.41) is 4.30. The number of halogens is 1. The summed E-state index contributed by atoms with van der Waals surface area (Å²) in [4.78, 5) is 21.7. The number of hydrogen-bond acceptors (Lipinski definition) is 5. The first kappa shape index (κ1) is 19.7. The highest BCUT2D eigenvalue weighted by atomic mass is 19.1. The molecule has 3 fully saturated rings. The molecule has 7 heteroatoms. The van der Waals surface area contributed by atoms with Gasteiger partial charge in [0.2, 0.25) is 11.8 Å². The van der Waals surface area contributed by atoms with E-state index in [1.54, 1.807) is 6.07 Å². The average Bonchev–Trinajstić information content (AvgIpc) is 3.26. The van der Waals surface area contributed by atoms with Gasteiger partial charge in [0, 0.05) is 25.6 Å². The van der Waals surface area contributed by atoms with E-state index in [0.717, 1.165) is 69.0 Å². The maximum Gasteiger partial charge on any atom is 0.229 e. The number of likely N-dealkylation sites (tertiary alicyclic amines) is 2. The molecule has 0 N–H and O–H groups in total. The third-order valence-corrected chi connectivity index (χ3v) is 7.37. The van der Waals surface area contributed by atoms with Gasteiger partial charge in [-0.25, -0.2) is 4.39 Å². The number of aromatic nitrogens is 2. The highest BCUT2D eigenvalue weighted by molar-refractivity contribution is 5.78. The molecule has 0 radical (unpaired) electrons. The van der Waals surface area contributed by atoms with Gasteiger partial charge in [0.25, 0.3) is 0 Å². The Morgan fingerprint density at radius 3 is 2.80 bits per heavy atom. The lowest BCUT2D eigenvalue weighted by molar-refractivity contribution is -0.132. The molecule has 160 valence electrons. The average molecular weight is 413 g/mol. The van der Waals surface area contributed by atoms with E-state index in [0.29, 0.717) is 5.92 Å². The van der Waals surface area contributed by atoms with E-state index < -0.39 is 0 Å². The Bertz CT molecular complexity index is 917. The first-order valence-corrected chi connectivity index (χ1v) is 11.1. The molecule has 2 aromatic rings. The van der Waals surface area contributed by atoms with Crippen molar-refractivity contribution in [2.75, 3.05) is 26.7 Å². The summed E-state index contributed by atoms with van der Waals surface area (Å²) in [6, 6.07) is 6.52. The number of carbonyl (C=O) groups is 1. The Labute approximate surface area is 176 Å². The zero-order valence-corrected chi connectivity index (χ0v) is 17.5. The second-order valence-corrected chi connectivity index (χ2v) is 9.44. The van der Waals surface area contributed by atoms with Gasteiger partial charge in [-0.05, 0) is 62.3 Å². The lowest BCUT2D eigenvalue weighted by Gasteiger charge is -2.39. The van der Waals surface area contributed by atoms with E-state index in [-0.39, 0.29) is 29.6 Å². The molecule has 2 saturated heterocycles. The van der Waals surface area contributed by atoms with E-state index in [1.807, 2.05) is 11.0 Å². The maximum atomic E-state index is 13.4. The number of hydrogen-bond donors (Lipinski definition) is 0. The lowest BCUT2D eigenvalue weighted by atomic mass is 9.76. The molecule has 3 heterocycles. The van der Waals surface area contributed by atoms with Crippen LogP contribution in [0.25, 0.3) is 0 Å². The number of amides is 1. The number of nitrogens with zero attached hydrogens (tertiary/aromatic N) is 4. The summed E-state index contributed by atoms with van der Waals surface area (Å²) in [5.41, 5.74) is 0.937. The Hall–Kier alpha value is -2.28. The normalized spacial score (nSPS) is 24.3. The van der Waals surface area contributed by atoms with Gasteiger partial charge in [0.1, 0.15) is 5.82 Å². The van der Waals surface area contributed by atoms with Crippen molar-refractivity contribution in [2.45, 2.75) is 56.9 Å². The van der Waals surface area contributed by atoms with Crippen molar-refractivity contribution in [3.63, 3.8) is 0 Å². The quantitative estimate of drug-likeness (QED) is 0.766. The summed E-state index contributed by atoms with van der Waals surface area (Å²) in [7, 11) is 2.14. The van der Waals surface area contributed by atoms with Crippen molar-refractivity contribution in [3.05, 3.63) is 47.4 Å². The molecule has 1 saturated carbocycles. The van der Waals surface area contributed by atoms with Crippen molar-refractivity contribution in [3.8, 4) is 0 Å². The molecule has 2 aliphatic heterocycles. The Morgan fingerprint density at radius 1 is 1.30 bits per heavy atom. The van der Waals surface area contributed by atoms with Gasteiger partial charge in [-0.3, -0.25) is 9.69 Å². The number of piperidine rings is 1. The number of rotatable bonds is 4. The van der Waals surface area contributed by atoms with Crippen LogP contribution in [0, 0.1) is 11.2 Å². The number of carbonyl (C=O) groups excluding carboxylic acids is 1. The van der Waals surface area contributed by atoms with Gasteiger partial charge in [-0.1, -0.05) is 23.7 Å². The summed E-state index contributed by atoms with van der Waals surface area (Å²) in [5.74, 6) is 1.88. The van der Waals surface area contributed by atoms with Gasteiger partial charge in [0.05, 0.1) is 12.5 Å². The first-order valence-electron chi connectivity index (χ1n) is 11.1. The molecule has 1 spiro atoms. The molecule has 1 amide bonds. The Balaban J connectivity index is 1.19. The third kappa shape index (κ3) is 3.75. The monoisotopic (exact) mass is 412 g/mol. The fourth-order valence-electron chi connectivity index (χ4n) is 5.29. The molecule has 5 rings (SSSR count). The van der Waals surface area contributed by atoms with Crippen LogP contribution in [0.2, 0.25) is 0 Å². The van der Waals surface area contributed by atoms with Crippen LogP contribution in [0.1, 0.15) is 67.8 Å². The molecular weight excluding hydrogens is 383 g/mol. The van der Waals surface area contributed by atoms with Crippen LogP contribution in [0.15, 0.2) is 28.8 Å². The molecular formula is C23H29FN4O2. The summed E-state index contributed by atoms with van der Waals surface area (Å²) < 4.78 is 18.9. The molecule has 1 aromatic carbocycles. The van der Waals surface area contributed by atoms with Gasteiger partial charge < -0.3 is 9.42 Å². The summed E-state index contributed by atoms with van der Waals surface area (Å²) in [6.45, 7) is 2.51. The Kier molecular flexibility index (Phi) is 5.09. The van der Waals surface area contributed by atoms with Crippen LogP contribution in [-0.2, 0) is 11.2 Å². The van der Waals surface area contributed by atoms with Crippen molar-refractivity contribution in [2.24, 2.45) is 5.41 Å². The van der Waals surface area contributed by atoms with Gasteiger partial charge in [-0.2, -0.15) is 4.98 Å². The molecule has 1 aliphatic carbocycles. The molecule has 30 heavy (non-hydrogen) atoms. The van der Waals surface area contributed by atoms with Crippen LogP contribution < -0.4 is 0 Å². The highest BCUT2D eigenvalue weighted by Gasteiger charge is 2.46. The van der Waals surface area contributed by atoms with Crippen LogP contribution in [0.3, 0.4) is 0 Å². The van der Waals surface area contributed by atoms with Crippen molar-refractivity contribution >= 4 is 5.91 Å². The zero-order valence-electron chi connectivity index (χ0n) is 17.5. The fraction of sp³-hybridized carbons (Fsp3) is 0.609. The van der Waals surface area contributed by atoms with Crippen LogP contribution in [-0.4, -0.2) is 52.5 Å². The maximum absolute atomic E-state index is 13.4. The SMILES string of the molecule is CN1CC2(CCN(C(=O)Cc3cccc(F)c3)CC2)CC1c1noc(C2CCC2)n1. The Morgan fingerprint density at radius 2 is 2.10 bits per heavy atom. The van der Waals surface area contributed by atoms with Crippen molar-refractivity contribution in [1.82, 2.24) is 19.9 Å². The summed E-state index contributed by atoms with van der Waals surface area (Å²) in [6.07, 6.45) is 6.81. The molecule has 1 unspecified atom stereocenters. The minimum atomic E-state index is -0.292. The first-order chi connectivity index (χ1) is 14.5. The largest absolute Gasteiger partial charge is 0.342 e. The van der Waals surface area contributed by atoms with E-state index in [2.05, 4.69) is 17.1 Å². The molecule has 1 aromatic heterocycles. The second kappa shape index (κ2) is 7.76. The standard InChI is InChI=1S/C23H29FN4O2/c1-27-15-23(14-19(27)21-25-22(30-26-21)17-5-3-6-17)8-10-28(11-9-23)20(29)13-16-4-2-7-18(24)12-16/h2,4,7,12,17,19H,3,5-6,8-11,13-15H2,1H3. The zero-order chi connectivity index (χ0) is 20.7. The highest BCUT2D eigenvalue weighted by Crippen LogP contribution is 2.48. The minimum absolute atomic E-state index is 0.0849. The number of benzene rings is 1. The molecule has 1 atom stereocenters. The van der Waals surface area contributed by atoms with E-state index in [9.17, 15) is 9.18 Å². The fourth-order valence-corrected chi connectivity index (χ4v) is 5.29. The topological polar surface area (TPSA) is 62.5 Å². The van der Waals surface area contributed by atoms with Crippen LogP contribution in [0.5, 0.6) is 0 Å². The van der Waals surface area contributed by atoms with Crippen LogP contribution in [0.4, 0.5) is 4.39 Å². The van der Waals surface area contributed by atoms with E-state index in [1.165, 1.54) is 18.6 Å². The summed E-state index contributed by atoms with van der Waals surface area (Å²) >= 11 is 0. The second-order valence-electron chi connectivity index (χ2n) is 9.44. The van der Waals surface area contributed by atoms with Gasteiger partial charge >= 0.3 is 0 Å². The predicted molar refractivity (Wildman–Crippen MR) is 109 cm³/mol. The molecule has 0 bridgehead atoms. The molecule has 6 nitrogen and oxygen atoms in total. The smallest absolute Gasteiger partial charge is 0.229 e. The third-order valence-electron chi connectivity index (χ3n) is 7.37. The van der Waals surface area contributed by atoms with E-state index >= 15 is 0 Å². The van der Waals surface area contributed by atoms with E-state index in [4.69, 9.17) is 9.51 Å². The predicted octanol–water partition coefficient (Wildman–Crippen LogP) is 3.70. The van der Waals surface area contributed by atoms with Gasteiger partial charge in [-0.15, -0.1) is 0 Å². The van der Waals surface area contributed by atoms with Gasteiger partial charge in [0.15, 0.2) is 5.82 Å². The van der Waals surface area contributed by atoms with Crippen molar-refractivity contribution in [1.29, 1.82) is 0 Å². The minimum Gasteiger partial charge on any atom is -0.342 e. The van der Waals surface area contributed by atoms with Crippen molar-refractivity contribution < 1.29 is 13.7 Å².